The summed E-state index contributed by atoms with van der Waals surface area (Å²) in [6.45, 7) is 0.982. The monoisotopic (exact) mass is 314 g/mol. The van der Waals surface area contributed by atoms with Crippen LogP contribution in [-0.2, 0) is 16.1 Å². The molecule has 1 aliphatic heterocycles. The average Bonchev–Trinajstić information content (AvgIpc) is 3.24. The maximum absolute atomic E-state index is 12.4. The lowest BCUT2D eigenvalue weighted by atomic mass is 10.2. The molecule has 1 aromatic carbocycles. The van der Waals surface area contributed by atoms with Crippen LogP contribution in [0.5, 0.6) is 0 Å². The average molecular weight is 314 g/mol. The van der Waals surface area contributed by atoms with Crippen molar-refractivity contribution < 1.29 is 9.53 Å². The number of hydrogen-bond donors (Lipinski definition) is 1. The molecule has 2 aromatic rings. The Morgan fingerprint density at radius 2 is 2.17 bits per heavy atom. The molecule has 6 nitrogen and oxygen atoms in total. The minimum absolute atomic E-state index is 0.00779. The van der Waals surface area contributed by atoms with Crippen LogP contribution in [0.1, 0.15) is 18.4 Å². The molecule has 0 spiro atoms. The first-order valence-electron chi connectivity index (χ1n) is 7.87. The number of ether oxygens (including phenoxy) is 1. The zero-order valence-corrected chi connectivity index (χ0v) is 13.3. The molecule has 2 atom stereocenters. The van der Waals surface area contributed by atoms with Crippen LogP contribution in [0.2, 0.25) is 0 Å². The number of amides is 1. The molecule has 6 heteroatoms. The molecular weight excluding hydrogens is 292 g/mol. The molecule has 2 heterocycles. The molecule has 0 unspecified atom stereocenters. The summed E-state index contributed by atoms with van der Waals surface area (Å²) in [7, 11) is 1.79. The summed E-state index contributed by atoms with van der Waals surface area (Å²) in [6.07, 6.45) is 4.98. The smallest absolute Gasteiger partial charge is 0.251 e. The Morgan fingerprint density at radius 3 is 2.87 bits per heavy atom. The van der Waals surface area contributed by atoms with E-state index in [1.54, 1.807) is 18.1 Å². The van der Waals surface area contributed by atoms with Crippen molar-refractivity contribution in [3.63, 3.8) is 0 Å². The quantitative estimate of drug-likeness (QED) is 0.904. The van der Waals surface area contributed by atoms with Crippen molar-refractivity contribution in [3.05, 3.63) is 48.3 Å². The minimum atomic E-state index is -0.363. The summed E-state index contributed by atoms with van der Waals surface area (Å²) in [6, 6.07) is 9.89. The Hall–Kier alpha value is -2.18. The van der Waals surface area contributed by atoms with Gasteiger partial charge in [-0.3, -0.25) is 4.79 Å². The van der Waals surface area contributed by atoms with Crippen LogP contribution in [0.4, 0.5) is 0 Å². The van der Waals surface area contributed by atoms with Gasteiger partial charge in [0, 0.05) is 31.9 Å². The van der Waals surface area contributed by atoms with E-state index in [4.69, 9.17) is 10.5 Å². The van der Waals surface area contributed by atoms with Gasteiger partial charge in [-0.1, -0.05) is 18.2 Å². The van der Waals surface area contributed by atoms with Crippen molar-refractivity contribution in [1.29, 1.82) is 0 Å². The van der Waals surface area contributed by atoms with Gasteiger partial charge in [0.1, 0.15) is 6.10 Å². The molecule has 1 amide bonds. The molecule has 0 radical (unpaired) electrons. The molecule has 3 rings (SSSR count). The van der Waals surface area contributed by atoms with Crippen LogP contribution in [0.3, 0.4) is 0 Å². The molecule has 1 saturated heterocycles. The van der Waals surface area contributed by atoms with E-state index in [2.05, 4.69) is 5.10 Å². The lowest BCUT2D eigenvalue weighted by molar-refractivity contribution is -0.141. The summed E-state index contributed by atoms with van der Waals surface area (Å²) in [4.78, 5) is 14.1. The SMILES string of the molecule is CN(Cc1cnn(-c2ccccc2)c1)C(=O)[C@@H]1CC[C@H](CN)O1. The molecule has 1 aromatic heterocycles. The summed E-state index contributed by atoms with van der Waals surface area (Å²) in [5, 5.41) is 4.35. The summed E-state index contributed by atoms with van der Waals surface area (Å²) < 4.78 is 7.48. The molecule has 1 fully saturated rings. The third kappa shape index (κ3) is 3.60. The van der Waals surface area contributed by atoms with Crippen molar-refractivity contribution in [2.24, 2.45) is 5.73 Å². The number of para-hydroxylation sites is 1. The predicted octanol–water partition coefficient (Wildman–Crippen LogP) is 1.34. The maximum Gasteiger partial charge on any atom is 0.251 e. The molecule has 0 saturated carbocycles. The number of aromatic nitrogens is 2. The molecule has 23 heavy (non-hydrogen) atoms. The lowest BCUT2D eigenvalue weighted by Crippen LogP contribution is -2.36. The van der Waals surface area contributed by atoms with Crippen LogP contribution in [0, 0.1) is 0 Å². The summed E-state index contributed by atoms with van der Waals surface area (Å²) in [5.74, 6) is 0.00779. The van der Waals surface area contributed by atoms with E-state index in [-0.39, 0.29) is 18.1 Å². The fourth-order valence-electron chi connectivity index (χ4n) is 2.82. The number of benzene rings is 1. The highest BCUT2D eigenvalue weighted by atomic mass is 16.5. The highest BCUT2D eigenvalue weighted by Crippen LogP contribution is 2.21. The third-order valence-electron chi connectivity index (χ3n) is 4.10. The van der Waals surface area contributed by atoms with Gasteiger partial charge in [0.05, 0.1) is 18.0 Å². The Kier molecular flexibility index (Phi) is 4.73. The molecule has 1 aliphatic rings. The zero-order valence-electron chi connectivity index (χ0n) is 13.3. The zero-order chi connectivity index (χ0) is 16.2. The largest absolute Gasteiger partial charge is 0.364 e. The molecular formula is C17H22N4O2. The highest BCUT2D eigenvalue weighted by molar-refractivity contribution is 5.80. The number of likely N-dealkylation sites (N-methyl/N-ethyl adjacent to an activating group) is 1. The molecule has 0 aliphatic carbocycles. The van der Waals surface area contributed by atoms with Crippen LogP contribution in [0.15, 0.2) is 42.7 Å². The van der Waals surface area contributed by atoms with Gasteiger partial charge in [0.15, 0.2) is 0 Å². The van der Waals surface area contributed by atoms with Crippen molar-refractivity contribution in [2.75, 3.05) is 13.6 Å². The van der Waals surface area contributed by atoms with Crippen molar-refractivity contribution in [3.8, 4) is 5.69 Å². The van der Waals surface area contributed by atoms with E-state index in [1.165, 1.54) is 0 Å². The normalized spacial score (nSPS) is 20.6. The van der Waals surface area contributed by atoms with E-state index in [1.807, 2.05) is 41.2 Å². The first-order valence-corrected chi connectivity index (χ1v) is 7.87. The van der Waals surface area contributed by atoms with E-state index in [0.29, 0.717) is 13.1 Å². The summed E-state index contributed by atoms with van der Waals surface area (Å²) in [5.41, 5.74) is 7.58. The predicted molar refractivity (Wildman–Crippen MR) is 87.0 cm³/mol. The van der Waals surface area contributed by atoms with Gasteiger partial charge in [-0.05, 0) is 25.0 Å². The van der Waals surface area contributed by atoms with E-state index < -0.39 is 0 Å². The van der Waals surface area contributed by atoms with Crippen molar-refractivity contribution >= 4 is 5.91 Å². The van der Waals surface area contributed by atoms with Crippen LogP contribution in [-0.4, -0.2) is 46.4 Å². The molecule has 0 bridgehead atoms. The van der Waals surface area contributed by atoms with Gasteiger partial charge in [-0.15, -0.1) is 0 Å². The Bertz CT molecular complexity index is 656. The van der Waals surface area contributed by atoms with Gasteiger partial charge >= 0.3 is 0 Å². The van der Waals surface area contributed by atoms with E-state index >= 15 is 0 Å². The Labute approximate surface area is 135 Å². The van der Waals surface area contributed by atoms with Gasteiger partial charge in [0.25, 0.3) is 5.91 Å². The molecule has 122 valence electrons. The standard InChI is InChI=1S/C17H22N4O2/c1-20(17(22)16-8-7-15(9-18)23-16)11-13-10-19-21(12-13)14-5-3-2-4-6-14/h2-6,10,12,15-16H,7-9,11,18H2,1H3/t15-,16+/m1/s1. The van der Waals surface area contributed by atoms with E-state index in [9.17, 15) is 4.79 Å². The first-order chi connectivity index (χ1) is 11.2. The number of rotatable bonds is 5. The van der Waals surface area contributed by atoms with Gasteiger partial charge in [0.2, 0.25) is 0 Å². The third-order valence-corrected chi connectivity index (χ3v) is 4.10. The second-order valence-corrected chi connectivity index (χ2v) is 5.88. The van der Waals surface area contributed by atoms with Crippen LogP contribution < -0.4 is 5.73 Å². The fourth-order valence-corrected chi connectivity index (χ4v) is 2.82. The van der Waals surface area contributed by atoms with Gasteiger partial charge < -0.3 is 15.4 Å². The van der Waals surface area contributed by atoms with Crippen LogP contribution >= 0.6 is 0 Å². The van der Waals surface area contributed by atoms with Gasteiger partial charge in [-0.25, -0.2) is 4.68 Å². The second kappa shape index (κ2) is 6.93. The maximum atomic E-state index is 12.4. The lowest BCUT2D eigenvalue weighted by Gasteiger charge is -2.20. The van der Waals surface area contributed by atoms with Crippen molar-refractivity contribution in [2.45, 2.75) is 31.6 Å². The summed E-state index contributed by atoms with van der Waals surface area (Å²) >= 11 is 0. The Morgan fingerprint density at radius 1 is 1.39 bits per heavy atom. The fraction of sp³-hybridized carbons (Fsp3) is 0.412. The topological polar surface area (TPSA) is 73.4 Å². The number of hydrogen-bond acceptors (Lipinski definition) is 4. The van der Waals surface area contributed by atoms with Crippen LogP contribution in [0.25, 0.3) is 5.69 Å². The highest BCUT2D eigenvalue weighted by Gasteiger charge is 2.31. The van der Waals surface area contributed by atoms with E-state index in [0.717, 1.165) is 24.1 Å². The number of carbonyl (C=O) groups is 1. The van der Waals surface area contributed by atoms with Crippen molar-refractivity contribution in [1.82, 2.24) is 14.7 Å². The number of nitrogens with two attached hydrogens (primary N) is 1. The second-order valence-electron chi connectivity index (χ2n) is 5.88. The van der Waals surface area contributed by atoms with Gasteiger partial charge in [-0.2, -0.15) is 5.10 Å². The number of carbonyl (C=O) groups excluding carboxylic acids is 1. The number of nitrogens with zero attached hydrogens (tertiary/aromatic N) is 3. The Balaban J connectivity index is 1.61. The minimum Gasteiger partial charge on any atom is -0.364 e. The first kappa shape index (κ1) is 15.7. The molecule has 2 N–H and O–H groups in total.